The third kappa shape index (κ3) is 71.8. The van der Waals surface area contributed by atoms with Gasteiger partial charge >= 0.3 is 23.9 Å². The van der Waals surface area contributed by atoms with Crippen LogP contribution >= 0.6 is 0 Å². The number of allylic oxidation sites excluding steroid dienone is 16. The highest BCUT2D eigenvalue weighted by Crippen LogP contribution is 2.16. The van der Waals surface area contributed by atoms with Crippen molar-refractivity contribution in [3.8, 4) is 0 Å². The lowest BCUT2D eigenvalue weighted by Gasteiger charge is -2.34. The molecule has 0 aromatic carbocycles. The third-order valence-electron chi connectivity index (χ3n) is 19.8. The summed E-state index contributed by atoms with van der Waals surface area (Å²) < 4.78 is 22.6. The normalized spacial score (nSPS) is 15.9. The molecule has 1 aliphatic heterocycles. The van der Waals surface area contributed by atoms with Gasteiger partial charge in [-0.15, -0.1) is 0 Å². The highest BCUT2D eigenvalue weighted by Gasteiger charge is 2.23. The van der Waals surface area contributed by atoms with Crippen molar-refractivity contribution >= 4 is 23.9 Å². The van der Waals surface area contributed by atoms with Crippen LogP contribution in [0.1, 0.15) is 336 Å². The molecule has 4 N–H and O–H groups in total. The summed E-state index contributed by atoms with van der Waals surface area (Å²) in [5, 5.41) is 45.9. The molecule has 1 saturated heterocycles. The number of rotatable bonds is 70. The van der Waals surface area contributed by atoms with Crippen LogP contribution in [0, 0.1) is 0 Å². The number of hydrogen-bond acceptors (Lipinski definition) is 16. The van der Waals surface area contributed by atoms with Gasteiger partial charge in [0.25, 0.3) is 0 Å². The van der Waals surface area contributed by atoms with E-state index in [1.165, 1.54) is 77.0 Å². The van der Waals surface area contributed by atoms with Gasteiger partial charge in [-0.25, -0.2) is 0 Å². The number of carbonyl (C=O) groups excluding carboxylic acids is 4. The fourth-order valence-electron chi connectivity index (χ4n) is 13.2. The Morgan fingerprint density at radius 3 is 0.630 bits per heavy atom. The highest BCUT2D eigenvalue weighted by atomic mass is 16.6. The molecule has 4 atom stereocenters. The zero-order valence-electron chi connectivity index (χ0n) is 69.6. The number of nitrogens with zero attached hydrogens (tertiary/aromatic N) is 4. The quantitative estimate of drug-likeness (QED) is 0.0194. The predicted octanol–water partition coefficient (Wildman–Crippen LogP) is 20.1. The first-order chi connectivity index (χ1) is 52.9. The molecule has 16 heteroatoms. The minimum atomic E-state index is -0.946. The monoisotopic (exact) mass is 1520 g/mol. The van der Waals surface area contributed by atoms with Crippen LogP contribution in [0.5, 0.6) is 0 Å². The summed E-state index contributed by atoms with van der Waals surface area (Å²) in [6, 6.07) is 0. The second-order valence-corrected chi connectivity index (χ2v) is 30.5. The number of aliphatic hydroxyl groups excluding tert-OH is 4. The Labute approximate surface area is 661 Å². The highest BCUT2D eigenvalue weighted by molar-refractivity contribution is 5.70. The molecule has 1 aliphatic rings. The number of aliphatic hydroxyl groups is 4. The van der Waals surface area contributed by atoms with Crippen LogP contribution in [0.25, 0.3) is 0 Å². The first-order valence-corrected chi connectivity index (χ1v) is 44.3. The molecule has 1 fully saturated rings. The number of hydrogen-bond donors (Lipinski definition) is 4. The van der Waals surface area contributed by atoms with Crippen molar-refractivity contribution in [1.82, 2.24) is 19.6 Å². The number of β-amino-alcohol motifs (C(OH)–C–C–N with tert-alkyl or cyclic N) is 4. The van der Waals surface area contributed by atoms with E-state index in [9.17, 15) is 39.6 Å². The lowest BCUT2D eigenvalue weighted by atomic mass is 10.1. The van der Waals surface area contributed by atoms with Crippen LogP contribution in [0.4, 0.5) is 0 Å². The largest absolute Gasteiger partial charge is 0.463 e. The number of unbranched alkanes of at least 4 members (excludes halogenated alkanes) is 30. The molecule has 0 spiro atoms. The van der Waals surface area contributed by atoms with Crippen LogP contribution in [0.15, 0.2) is 97.2 Å². The molecule has 0 aliphatic carbocycles. The molecule has 0 saturated carbocycles. The van der Waals surface area contributed by atoms with Crippen molar-refractivity contribution in [1.29, 1.82) is 0 Å². The van der Waals surface area contributed by atoms with Gasteiger partial charge < -0.3 is 39.4 Å². The summed E-state index contributed by atoms with van der Waals surface area (Å²) in [5.74, 6) is -1.26. The third-order valence-corrected chi connectivity index (χ3v) is 19.8. The fourth-order valence-corrected chi connectivity index (χ4v) is 13.2. The molecule has 1 rings (SSSR count). The molecule has 624 valence electrons. The van der Waals surface area contributed by atoms with Gasteiger partial charge in [-0.2, -0.15) is 0 Å². The summed E-state index contributed by atoms with van der Waals surface area (Å²) in [6.07, 6.45) is 80.4. The van der Waals surface area contributed by atoms with Gasteiger partial charge in [-0.05, 0) is 193 Å². The summed E-state index contributed by atoms with van der Waals surface area (Å²) >= 11 is 0. The number of ether oxygens (including phenoxy) is 4. The van der Waals surface area contributed by atoms with E-state index in [-0.39, 0.29) is 76.5 Å². The van der Waals surface area contributed by atoms with Crippen molar-refractivity contribution in [3.63, 3.8) is 0 Å². The molecule has 16 nitrogen and oxygen atoms in total. The first-order valence-electron chi connectivity index (χ1n) is 44.3. The molecule has 4 unspecified atom stereocenters. The maximum Gasteiger partial charge on any atom is 0.305 e. The Morgan fingerprint density at radius 1 is 0.250 bits per heavy atom. The van der Waals surface area contributed by atoms with E-state index in [1.807, 2.05) is 0 Å². The predicted molar refractivity (Wildman–Crippen MR) is 451 cm³/mol. The molecule has 1 heterocycles. The van der Waals surface area contributed by atoms with E-state index in [4.69, 9.17) is 18.9 Å². The van der Waals surface area contributed by atoms with Gasteiger partial charge in [0, 0.05) is 78.0 Å². The molecular formula is C92H164N4O12. The van der Waals surface area contributed by atoms with E-state index >= 15 is 0 Å². The van der Waals surface area contributed by atoms with Gasteiger partial charge in [-0.3, -0.25) is 38.8 Å². The van der Waals surface area contributed by atoms with Crippen molar-refractivity contribution < 1.29 is 58.6 Å². The number of carbonyl (C=O) groups is 4. The van der Waals surface area contributed by atoms with E-state index in [1.54, 1.807) is 0 Å². The maximum atomic E-state index is 13.0. The number of esters is 4. The van der Waals surface area contributed by atoms with Crippen molar-refractivity contribution in [2.75, 3.05) is 105 Å². The second kappa shape index (κ2) is 79.1. The van der Waals surface area contributed by atoms with E-state index < -0.39 is 24.4 Å². The van der Waals surface area contributed by atoms with Crippen LogP contribution in [0.2, 0.25) is 0 Å². The Hall–Kier alpha value is -4.52. The molecule has 0 amide bonds. The molecule has 108 heavy (non-hydrogen) atoms. The van der Waals surface area contributed by atoms with Crippen LogP contribution < -0.4 is 0 Å². The van der Waals surface area contributed by atoms with Gasteiger partial charge in [0.05, 0.1) is 0 Å². The van der Waals surface area contributed by atoms with Crippen molar-refractivity contribution in [3.05, 3.63) is 97.2 Å². The summed E-state index contributed by atoms with van der Waals surface area (Å²) in [7, 11) is 0. The molecule has 0 bridgehead atoms. The smallest absolute Gasteiger partial charge is 0.305 e. The Bertz CT molecular complexity index is 2300. The van der Waals surface area contributed by atoms with Crippen LogP contribution in [-0.2, 0) is 38.1 Å². The Morgan fingerprint density at radius 2 is 0.426 bits per heavy atom. The van der Waals surface area contributed by atoms with E-state index in [0.29, 0.717) is 90.9 Å². The van der Waals surface area contributed by atoms with Crippen LogP contribution in [0.3, 0.4) is 0 Å². The summed E-state index contributed by atoms with van der Waals surface area (Å²) in [5.41, 5.74) is 0. The van der Waals surface area contributed by atoms with Crippen LogP contribution in [-0.4, -0.2) is 193 Å². The summed E-state index contributed by atoms with van der Waals surface area (Å²) in [6.45, 7) is 13.7. The van der Waals surface area contributed by atoms with Crippen molar-refractivity contribution in [2.45, 2.75) is 360 Å². The van der Waals surface area contributed by atoms with Gasteiger partial charge in [0.2, 0.25) is 0 Å². The second-order valence-electron chi connectivity index (χ2n) is 30.5. The lowest BCUT2D eigenvalue weighted by molar-refractivity contribution is -0.148. The summed E-state index contributed by atoms with van der Waals surface area (Å²) in [4.78, 5) is 60.5. The van der Waals surface area contributed by atoms with Gasteiger partial charge in [0.15, 0.2) is 0 Å². The first kappa shape index (κ1) is 101. The SMILES string of the molecule is CCCCC/C=C\C/C=C\CCCCCCCC(=O)OCC(O)CN1CCCN(CC(O)COC(=O)CCCCCCC/C=C\C/C=C\CCCCC)CCN(CC(O)COC(=O)CCCCCCC/C=C\C/C=C\CCCCC)CCCN(CC(O)COC(=O)CCCCC/C=C\C/C=C\CCCCC)CC1. The van der Waals surface area contributed by atoms with Gasteiger partial charge in [0.1, 0.15) is 50.8 Å². The van der Waals surface area contributed by atoms with E-state index in [0.717, 1.165) is 193 Å². The average molecular weight is 1520 g/mol. The standard InChI is InChI=1S/C92H164N4O12/c1-5-9-13-17-21-25-29-33-36-40-44-48-52-56-60-66-90(102)106-82-86(98)78-94-71-64-72-96(80-88(100)84-108-92(104)68-62-58-54-50-46-42-38-35-31-27-23-19-15-11-7-3)76-75-95(79-87(99)83-107-91(103)67-61-57-53-49-45-41-37-34-30-26-22-18-14-10-6-2)70-63-69-93(73-74-94)77-85(97)81-105-89(101)65-59-55-51-47-43-39-32-28-24-20-16-12-8-4/h21-28,33-39,43,85-88,97-100H,5-20,29-32,40-42,44-84H2,1-4H3/b25-21-,26-22-,27-23-,28-24-,36-33-,37-34-,38-35-,43-39-. The van der Waals surface area contributed by atoms with Crippen molar-refractivity contribution in [2.24, 2.45) is 0 Å². The maximum absolute atomic E-state index is 13.0. The van der Waals surface area contributed by atoms with Gasteiger partial charge in [-0.1, -0.05) is 240 Å². The fraction of sp³-hybridized carbons (Fsp3) is 0.783. The Balaban J connectivity index is 3.11. The molecular weight excluding hydrogens is 1350 g/mol. The minimum absolute atomic E-state index is 0.123. The average Bonchev–Trinajstić information content (AvgIpc) is 0.908. The molecule has 0 aromatic rings. The Kier molecular flexibility index (Phi) is 74.4. The van der Waals surface area contributed by atoms with E-state index in [2.05, 4.69) is 145 Å². The molecule has 0 aromatic heterocycles. The lowest BCUT2D eigenvalue weighted by Crippen LogP contribution is -2.47. The minimum Gasteiger partial charge on any atom is -0.463 e. The zero-order valence-corrected chi connectivity index (χ0v) is 69.6. The topological polar surface area (TPSA) is 199 Å². The zero-order chi connectivity index (χ0) is 78.3. The molecule has 0 radical (unpaired) electrons.